The number of nitrogens with zero attached hydrogens (tertiary/aromatic N) is 2. The van der Waals surface area contributed by atoms with Gasteiger partial charge in [-0.3, -0.25) is 9.80 Å². The number of piperidine rings is 1. The summed E-state index contributed by atoms with van der Waals surface area (Å²) in [6.45, 7) is 9.11. The second kappa shape index (κ2) is 4.22. The normalized spacial score (nSPS) is 36.0. The van der Waals surface area contributed by atoms with Gasteiger partial charge in [-0.25, -0.2) is 0 Å². The fraction of sp³-hybridized carbons (Fsp3) is 1.00. The smallest absolute Gasteiger partial charge is 0.0538 e. The summed E-state index contributed by atoms with van der Waals surface area (Å²) in [5, 5.41) is 0. The molecule has 0 N–H and O–H groups in total. The Kier molecular flexibility index (Phi) is 2.96. The molecule has 1 saturated carbocycles. The van der Waals surface area contributed by atoms with E-state index in [1.54, 1.807) is 0 Å². The second-order valence-corrected chi connectivity index (χ2v) is 6.76. The number of rotatable bonds is 5. The lowest BCUT2D eigenvalue weighted by atomic mass is 9.87. The highest BCUT2D eigenvalue weighted by molar-refractivity contribution is 5.03. The van der Waals surface area contributed by atoms with E-state index in [1.165, 1.54) is 38.9 Å². The number of piperazine rings is 1. The minimum atomic E-state index is 0.383. The summed E-state index contributed by atoms with van der Waals surface area (Å²) in [4.78, 5) is 5.25. The van der Waals surface area contributed by atoms with Crippen molar-refractivity contribution in [1.82, 2.24) is 9.80 Å². The highest BCUT2D eigenvalue weighted by Gasteiger charge is 2.48. The standard InChI is InChI=1S/C14H26N2O/c1-11(2)17-10-14(4-5-14)9-16-7-12-6-13(8-16)15(12)3/h11-13H,4-10H2,1-3H3. The Labute approximate surface area is 105 Å². The van der Waals surface area contributed by atoms with E-state index in [9.17, 15) is 0 Å². The zero-order valence-electron chi connectivity index (χ0n) is 11.5. The average Bonchev–Trinajstić information content (AvgIpc) is 3.06. The quantitative estimate of drug-likeness (QED) is 0.723. The fourth-order valence-electron chi connectivity index (χ4n) is 3.36. The third-order valence-electron chi connectivity index (χ3n) is 4.87. The summed E-state index contributed by atoms with van der Waals surface area (Å²) in [6, 6.07) is 1.69. The maximum Gasteiger partial charge on any atom is 0.0538 e. The van der Waals surface area contributed by atoms with Gasteiger partial charge in [0.05, 0.1) is 12.7 Å². The third kappa shape index (κ3) is 2.38. The van der Waals surface area contributed by atoms with Crippen LogP contribution in [0, 0.1) is 5.41 Å². The van der Waals surface area contributed by atoms with Gasteiger partial charge in [-0.2, -0.15) is 0 Å². The zero-order chi connectivity index (χ0) is 12.0. The molecule has 0 aromatic heterocycles. The van der Waals surface area contributed by atoms with Crippen LogP contribution in [0.4, 0.5) is 0 Å². The highest BCUT2D eigenvalue weighted by atomic mass is 16.5. The molecule has 0 radical (unpaired) electrons. The van der Waals surface area contributed by atoms with Crippen molar-refractivity contribution in [3.63, 3.8) is 0 Å². The molecule has 2 bridgehead atoms. The first kappa shape index (κ1) is 11.9. The Hall–Kier alpha value is -0.120. The Balaban J connectivity index is 1.47. The molecular weight excluding hydrogens is 212 g/mol. The van der Waals surface area contributed by atoms with Crippen molar-refractivity contribution in [3.8, 4) is 0 Å². The van der Waals surface area contributed by atoms with Crippen LogP contribution in [0.1, 0.15) is 33.1 Å². The molecule has 3 heteroatoms. The molecule has 3 heterocycles. The molecule has 0 aromatic carbocycles. The van der Waals surface area contributed by atoms with Gasteiger partial charge in [0, 0.05) is 37.1 Å². The van der Waals surface area contributed by atoms with Crippen molar-refractivity contribution in [3.05, 3.63) is 0 Å². The van der Waals surface area contributed by atoms with Crippen LogP contribution in [0.3, 0.4) is 0 Å². The van der Waals surface area contributed by atoms with Gasteiger partial charge in [0.25, 0.3) is 0 Å². The molecule has 3 aliphatic heterocycles. The first-order chi connectivity index (χ1) is 8.08. The molecule has 0 amide bonds. The lowest BCUT2D eigenvalue weighted by Crippen LogP contribution is -2.67. The monoisotopic (exact) mass is 238 g/mol. The highest BCUT2D eigenvalue weighted by Crippen LogP contribution is 2.47. The molecule has 2 atom stereocenters. The van der Waals surface area contributed by atoms with Crippen LogP contribution in [-0.4, -0.2) is 61.3 Å². The second-order valence-electron chi connectivity index (χ2n) is 6.76. The molecule has 4 rings (SSSR count). The maximum atomic E-state index is 5.83. The zero-order valence-corrected chi connectivity index (χ0v) is 11.5. The Bertz CT molecular complexity index is 276. The van der Waals surface area contributed by atoms with Gasteiger partial charge in [0.2, 0.25) is 0 Å². The van der Waals surface area contributed by atoms with E-state index in [2.05, 4.69) is 30.7 Å². The fourth-order valence-corrected chi connectivity index (χ4v) is 3.36. The SMILES string of the molecule is CC(C)OCC1(CN2CC3CC(C2)N3C)CC1. The largest absolute Gasteiger partial charge is 0.378 e. The van der Waals surface area contributed by atoms with Crippen LogP contribution in [0.5, 0.6) is 0 Å². The van der Waals surface area contributed by atoms with Gasteiger partial charge in [0.1, 0.15) is 0 Å². The molecule has 0 spiro atoms. The Morgan fingerprint density at radius 3 is 2.35 bits per heavy atom. The number of fused-ring (bicyclic) bond motifs is 2. The van der Waals surface area contributed by atoms with Crippen LogP contribution in [0.15, 0.2) is 0 Å². The van der Waals surface area contributed by atoms with Crippen molar-refractivity contribution in [2.24, 2.45) is 5.41 Å². The van der Waals surface area contributed by atoms with Gasteiger partial charge in [-0.05, 0) is 40.2 Å². The molecule has 4 fully saturated rings. The van der Waals surface area contributed by atoms with Crippen molar-refractivity contribution in [1.29, 1.82) is 0 Å². The van der Waals surface area contributed by atoms with Crippen LogP contribution in [0.2, 0.25) is 0 Å². The van der Waals surface area contributed by atoms with Crippen molar-refractivity contribution >= 4 is 0 Å². The van der Waals surface area contributed by atoms with Crippen LogP contribution < -0.4 is 0 Å². The summed E-state index contributed by atoms with van der Waals surface area (Å²) in [7, 11) is 2.28. The maximum absolute atomic E-state index is 5.83. The van der Waals surface area contributed by atoms with E-state index in [0.717, 1.165) is 18.7 Å². The van der Waals surface area contributed by atoms with Gasteiger partial charge in [0.15, 0.2) is 0 Å². The topological polar surface area (TPSA) is 15.7 Å². The van der Waals surface area contributed by atoms with Crippen molar-refractivity contribution in [2.75, 3.05) is 33.3 Å². The summed E-state index contributed by atoms with van der Waals surface area (Å²) < 4.78 is 5.83. The van der Waals surface area contributed by atoms with E-state index in [-0.39, 0.29) is 0 Å². The van der Waals surface area contributed by atoms with Crippen molar-refractivity contribution in [2.45, 2.75) is 51.3 Å². The minimum absolute atomic E-state index is 0.383. The minimum Gasteiger partial charge on any atom is -0.378 e. The van der Waals surface area contributed by atoms with Crippen LogP contribution >= 0.6 is 0 Å². The predicted molar refractivity (Wildman–Crippen MR) is 69.2 cm³/mol. The molecule has 0 aromatic rings. The predicted octanol–water partition coefficient (Wildman–Crippen LogP) is 1.58. The number of ether oxygens (including phenoxy) is 1. The molecule has 3 saturated heterocycles. The van der Waals surface area contributed by atoms with E-state index in [0.29, 0.717) is 11.5 Å². The lowest BCUT2D eigenvalue weighted by molar-refractivity contribution is -0.0629. The summed E-state index contributed by atoms with van der Waals surface area (Å²) in [6.07, 6.45) is 4.57. The summed E-state index contributed by atoms with van der Waals surface area (Å²) >= 11 is 0. The van der Waals surface area contributed by atoms with Gasteiger partial charge < -0.3 is 4.74 Å². The first-order valence-electron chi connectivity index (χ1n) is 7.14. The van der Waals surface area contributed by atoms with Gasteiger partial charge in [-0.15, -0.1) is 0 Å². The van der Waals surface area contributed by atoms with Crippen LogP contribution in [-0.2, 0) is 4.74 Å². The van der Waals surface area contributed by atoms with E-state index < -0.39 is 0 Å². The Morgan fingerprint density at radius 1 is 1.24 bits per heavy atom. The van der Waals surface area contributed by atoms with Gasteiger partial charge >= 0.3 is 0 Å². The number of hydrogen-bond acceptors (Lipinski definition) is 3. The average molecular weight is 238 g/mol. The van der Waals surface area contributed by atoms with Crippen molar-refractivity contribution < 1.29 is 4.74 Å². The lowest BCUT2D eigenvalue weighted by Gasteiger charge is -2.55. The Morgan fingerprint density at radius 2 is 1.88 bits per heavy atom. The van der Waals surface area contributed by atoms with E-state index in [1.807, 2.05) is 0 Å². The van der Waals surface area contributed by atoms with E-state index in [4.69, 9.17) is 4.74 Å². The molecule has 3 nitrogen and oxygen atoms in total. The number of hydrogen-bond donors (Lipinski definition) is 0. The van der Waals surface area contributed by atoms with Gasteiger partial charge in [-0.1, -0.05) is 0 Å². The van der Waals surface area contributed by atoms with Crippen LogP contribution in [0.25, 0.3) is 0 Å². The third-order valence-corrected chi connectivity index (χ3v) is 4.87. The summed E-state index contributed by atoms with van der Waals surface area (Å²) in [5.74, 6) is 0. The molecule has 1 aliphatic carbocycles. The molecule has 4 aliphatic rings. The molecule has 98 valence electrons. The number of likely N-dealkylation sites (N-methyl/N-ethyl adjacent to an activating group) is 1. The molecular formula is C14H26N2O. The van der Waals surface area contributed by atoms with E-state index >= 15 is 0 Å². The first-order valence-corrected chi connectivity index (χ1v) is 7.14. The summed E-state index contributed by atoms with van der Waals surface area (Å²) in [5.41, 5.74) is 0.520. The molecule has 2 unspecified atom stereocenters. The molecule has 17 heavy (non-hydrogen) atoms.